The van der Waals surface area contributed by atoms with Gasteiger partial charge in [0.1, 0.15) is 5.75 Å². The summed E-state index contributed by atoms with van der Waals surface area (Å²) >= 11 is 4.96. The Morgan fingerprint density at radius 3 is 2.65 bits per heavy atom. The molecule has 0 amide bonds. The molecule has 112 valence electrons. The highest BCUT2D eigenvalue weighted by molar-refractivity contribution is 7.80. The number of nitrogens with zero attached hydrogens (tertiary/aromatic N) is 1. The SMILES string of the molecule is COCCN(CCC(N)=S)Cc1cc(C)ccc1OC. The van der Waals surface area contributed by atoms with Gasteiger partial charge in [-0.3, -0.25) is 4.90 Å². The standard InChI is InChI=1S/C15H24N2O2S/c1-12-4-5-14(19-3)13(10-12)11-17(8-9-18-2)7-6-15(16)20/h4-5,10H,6-9,11H2,1-3H3,(H2,16,20). The van der Waals surface area contributed by atoms with Crippen LogP contribution in [0.25, 0.3) is 0 Å². The number of hydrogen-bond acceptors (Lipinski definition) is 4. The number of aryl methyl sites for hydroxylation is 1. The molecule has 0 aromatic heterocycles. The molecular formula is C15H24N2O2S. The second kappa shape index (κ2) is 8.89. The summed E-state index contributed by atoms with van der Waals surface area (Å²) in [7, 11) is 3.40. The maximum atomic E-state index is 5.59. The summed E-state index contributed by atoms with van der Waals surface area (Å²) in [6, 6.07) is 6.21. The number of benzene rings is 1. The van der Waals surface area contributed by atoms with Crippen molar-refractivity contribution in [3.8, 4) is 5.75 Å². The smallest absolute Gasteiger partial charge is 0.123 e. The molecule has 0 saturated heterocycles. The van der Waals surface area contributed by atoms with Gasteiger partial charge in [0.05, 0.1) is 18.7 Å². The van der Waals surface area contributed by atoms with E-state index in [-0.39, 0.29) is 0 Å². The van der Waals surface area contributed by atoms with Crippen molar-refractivity contribution >= 4 is 17.2 Å². The number of ether oxygens (including phenoxy) is 2. The molecule has 0 atom stereocenters. The molecule has 0 fully saturated rings. The molecule has 0 heterocycles. The third kappa shape index (κ3) is 5.86. The molecule has 2 N–H and O–H groups in total. The van der Waals surface area contributed by atoms with Gasteiger partial charge in [-0.25, -0.2) is 0 Å². The summed E-state index contributed by atoms with van der Waals surface area (Å²) in [5.74, 6) is 0.911. The van der Waals surface area contributed by atoms with Gasteiger partial charge in [0.2, 0.25) is 0 Å². The van der Waals surface area contributed by atoms with Crippen LogP contribution in [0.2, 0.25) is 0 Å². The molecule has 1 aromatic rings. The largest absolute Gasteiger partial charge is 0.496 e. The first kappa shape index (κ1) is 16.9. The van der Waals surface area contributed by atoms with Gasteiger partial charge in [-0.2, -0.15) is 0 Å². The van der Waals surface area contributed by atoms with Crippen LogP contribution in [0.5, 0.6) is 5.75 Å². The Morgan fingerprint density at radius 2 is 2.05 bits per heavy atom. The molecule has 0 aliphatic heterocycles. The molecule has 5 heteroatoms. The first-order valence-electron chi connectivity index (χ1n) is 6.70. The van der Waals surface area contributed by atoms with Crippen LogP contribution in [0.15, 0.2) is 18.2 Å². The fraction of sp³-hybridized carbons (Fsp3) is 0.533. The number of thiocarbonyl (C=S) groups is 1. The first-order chi connectivity index (χ1) is 9.56. The first-order valence-corrected chi connectivity index (χ1v) is 7.10. The minimum atomic E-state index is 0.545. The van der Waals surface area contributed by atoms with Crippen molar-refractivity contribution in [1.29, 1.82) is 0 Å². The summed E-state index contributed by atoms with van der Waals surface area (Å²) < 4.78 is 10.6. The topological polar surface area (TPSA) is 47.7 Å². The van der Waals surface area contributed by atoms with E-state index in [1.165, 1.54) is 11.1 Å². The van der Waals surface area contributed by atoms with Crippen molar-refractivity contribution in [2.24, 2.45) is 5.73 Å². The van der Waals surface area contributed by atoms with Gasteiger partial charge < -0.3 is 15.2 Å². The fourth-order valence-electron chi connectivity index (χ4n) is 2.03. The van der Waals surface area contributed by atoms with Crippen LogP contribution in [0.3, 0.4) is 0 Å². The van der Waals surface area contributed by atoms with Crippen LogP contribution in [-0.2, 0) is 11.3 Å². The van der Waals surface area contributed by atoms with Gasteiger partial charge >= 0.3 is 0 Å². The summed E-state index contributed by atoms with van der Waals surface area (Å²) in [4.78, 5) is 2.82. The van der Waals surface area contributed by atoms with Crippen LogP contribution in [-0.4, -0.2) is 43.8 Å². The summed E-state index contributed by atoms with van der Waals surface area (Å²) in [6.45, 7) is 5.24. The predicted molar refractivity (Wildman–Crippen MR) is 86.3 cm³/mol. The third-order valence-corrected chi connectivity index (χ3v) is 3.32. The zero-order valence-corrected chi connectivity index (χ0v) is 13.3. The highest BCUT2D eigenvalue weighted by Crippen LogP contribution is 2.21. The van der Waals surface area contributed by atoms with E-state index in [4.69, 9.17) is 27.4 Å². The molecule has 20 heavy (non-hydrogen) atoms. The minimum absolute atomic E-state index is 0.545. The fourth-order valence-corrected chi connectivity index (χ4v) is 2.12. The van der Waals surface area contributed by atoms with Gasteiger partial charge in [-0.15, -0.1) is 0 Å². The number of nitrogens with two attached hydrogens (primary N) is 1. The maximum Gasteiger partial charge on any atom is 0.123 e. The van der Waals surface area contributed by atoms with E-state index >= 15 is 0 Å². The van der Waals surface area contributed by atoms with Gasteiger partial charge in [0, 0.05) is 38.7 Å². The predicted octanol–water partition coefficient (Wildman–Crippen LogP) is 2.13. The lowest BCUT2D eigenvalue weighted by Gasteiger charge is -2.23. The average molecular weight is 296 g/mol. The van der Waals surface area contributed by atoms with Gasteiger partial charge in [-0.1, -0.05) is 29.9 Å². The molecule has 1 aromatic carbocycles. The van der Waals surface area contributed by atoms with Crippen molar-refractivity contribution in [1.82, 2.24) is 4.90 Å². The Labute approximate surface area is 126 Å². The second-order valence-corrected chi connectivity index (χ2v) is 5.32. The Bertz CT molecular complexity index is 438. The maximum absolute atomic E-state index is 5.59. The minimum Gasteiger partial charge on any atom is -0.496 e. The molecule has 0 aliphatic carbocycles. The van der Waals surface area contributed by atoms with E-state index in [0.29, 0.717) is 18.0 Å². The van der Waals surface area contributed by atoms with E-state index in [2.05, 4.69) is 24.0 Å². The highest BCUT2D eigenvalue weighted by atomic mass is 32.1. The molecule has 0 aliphatic rings. The summed E-state index contributed by atoms with van der Waals surface area (Å²) in [6.07, 6.45) is 0.715. The second-order valence-electron chi connectivity index (χ2n) is 4.80. The van der Waals surface area contributed by atoms with E-state index in [0.717, 1.165) is 25.4 Å². The lowest BCUT2D eigenvalue weighted by atomic mass is 10.1. The lowest BCUT2D eigenvalue weighted by Crippen LogP contribution is -2.30. The van der Waals surface area contributed by atoms with Crippen molar-refractivity contribution in [2.75, 3.05) is 33.9 Å². The van der Waals surface area contributed by atoms with E-state index in [1.54, 1.807) is 14.2 Å². The van der Waals surface area contributed by atoms with E-state index < -0.39 is 0 Å². The zero-order chi connectivity index (χ0) is 15.0. The lowest BCUT2D eigenvalue weighted by molar-refractivity contribution is 0.145. The van der Waals surface area contributed by atoms with Gasteiger partial charge in [0.15, 0.2) is 0 Å². The molecule has 4 nitrogen and oxygen atoms in total. The van der Waals surface area contributed by atoms with Crippen molar-refractivity contribution in [3.63, 3.8) is 0 Å². The summed E-state index contributed by atoms with van der Waals surface area (Å²) in [5.41, 5.74) is 7.99. The number of hydrogen-bond donors (Lipinski definition) is 1. The van der Waals surface area contributed by atoms with Crippen LogP contribution in [0.4, 0.5) is 0 Å². The monoisotopic (exact) mass is 296 g/mol. The quantitative estimate of drug-likeness (QED) is 0.707. The van der Waals surface area contributed by atoms with Crippen molar-refractivity contribution < 1.29 is 9.47 Å². The molecule has 0 unspecified atom stereocenters. The third-order valence-electron chi connectivity index (χ3n) is 3.12. The van der Waals surface area contributed by atoms with Gasteiger partial charge in [0.25, 0.3) is 0 Å². The Hall–Kier alpha value is -1.17. The van der Waals surface area contributed by atoms with Crippen molar-refractivity contribution in [2.45, 2.75) is 19.9 Å². The average Bonchev–Trinajstić information content (AvgIpc) is 2.42. The molecular weight excluding hydrogens is 272 g/mol. The van der Waals surface area contributed by atoms with Crippen molar-refractivity contribution in [3.05, 3.63) is 29.3 Å². The molecule has 0 spiro atoms. The molecule has 1 rings (SSSR count). The Kier molecular flexibility index (Phi) is 7.51. The van der Waals surface area contributed by atoms with Crippen LogP contribution >= 0.6 is 12.2 Å². The zero-order valence-electron chi connectivity index (χ0n) is 12.5. The Morgan fingerprint density at radius 1 is 1.30 bits per heavy atom. The summed E-state index contributed by atoms with van der Waals surface area (Å²) in [5, 5.41) is 0. The number of methoxy groups -OCH3 is 2. The van der Waals surface area contributed by atoms with Gasteiger partial charge in [-0.05, 0) is 13.0 Å². The van der Waals surface area contributed by atoms with Crippen LogP contribution in [0.1, 0.15) is 17.5 Å². The van der Waals surface area contributed by atoms with Crippen LogP contribution < -0.4 is 10.5 Å². The number of rotatable bonds is 9. The molecule has 0 radical (unpaired) electrons. The van der Waals surface area contributed by atoms with E-state index in [1.807, 2.05) is 6.07 Å². The highest BCUT2D eigenvalue weighted by Gasteiger charge is 2.10. The Balaban J connectivity index is 2.76. The molecule has 0 saturated carbocycles. The van der Waals surface area contributed by atoms with Crippen LogP contribution in [0, 0.1) is 6.92 Å². The normalized spacial score (nSPS) is 10.8. The molecule has 0 bridgehead atoms. The van der Waals surface area contributed by atoms with E-state index in [9.17, 15) is 0 Å².